The molecular weight excluding hydrogens is 309 g/mol. The molecule has 0 aliphatic rings. The topological polar surface area (TPSA) is 29.1 Å². The van der Waals surface area contributed by atoms with Crippen LogP contribution in [0.2, 0.25) is 5.02 Å². The van der Waals surface area contributed by atoms with Gasteiger partial charge in [-0.25, -0.2) is 0 Å². The number of rotatable bonds is 4. The Hall–Kier alpha value is -1.11. The van der Waals surface area contributed by atoms with Gasteiger partial charge in [-0.15, -0.1) is 0 Å². The molecule has 0 aromatic heterocycles. The number of nitrogens with one attached hydrogen (secondary N) is 1. The van der Waals surface area contributed by atoms with Gasteiger partial charge in [-0.1, -0.05) is 0 Å². The maximum absolute atomic E-state index is 10.8. The van der Waals surface area contributed by atoms with Crippen LogP contribution in [0, 0.1) is 6.92 Å². The van der Waals surface area contributed by atoms with Crippen LogP contribution in [0.3, 0.4) is 0 Å². The number of anilines is 1. The Bertz CT molecular complexity index is 554. The molecule has 2 nitrogen and oxygen atoms in total. The summed E-state index contributed by atoms with van der Waals surface area (Å²) in [4.78, 5) is 0. The van der Waals surface area contributed by atoms with E-state index in [1.807, 2.05) is 49.4 Å². The summed E-state index contributed by atoms with van der Waals surface area (Å²) in [7, 11) is 0. The second-order valence-corrected chi connectivity index (χ2v) is 5.88. The Balaban J connectivity index is 2.06. The zero-order valence-electron chi connectivity index (χ0n) is 9.98. The van der Waals surface area contributed by atoms with Crippen molar-refractivity contribution in [2.24, 2.45) is 0 Å². The van der Waals surface area contributed by atoms with E-state index in [9.17, 15) is 3.74 Å². The number of halogens is 1. The summed E-state index contributed by atoms with van der Waals surface area (Å²) in [6, 6.07) is 13.7. The van der Waals surface area contributed by atoms with E-state index in [-0.39, 0.29) is 0 Å². The molecule has 1 N–H and O–H groups in total. The van der Waals surface area contributed by atoms with Gasteiger partial charge < -0.3 is 0 Å². The molecule has 0 radical (unpaired) electrons. The number of hydrogen-bond donors (Lipinski definition) is 1. The summed E-state index contributed by atoms with van der Waals surface area (Å²) in [6.45, 7) is 2.68. The van der Waals surface area contributed by atoms with Gasteiger partial charge in [0.1, 0.15) is 0 Å². The molecule has 0 heterocycles. The Morgan fingerprint density at radius 2 is 1.89 bits per heavy atom. The average molecular weight is 322 g/mol. The van der Waals surface area contributed by atoms with Gasteiger partial charge in [-0.2, -0.15) is 0 Å². The number of benzene rings is 2. The standard InChI is InChI=1S/C14H13AsClNO/c1-10-3-2-4-11(14(10)16)9-17-13-7-5-12(15-18)6-8-13/h2-8,17H,9H2,1H3. The van der Waals surface area contributed by atoms with Crippen molar-refractivity contribution < 1.29 is 3.74 Å². The molecule has 0 bridgehead atoms. The van der Waals surface area contributed by atoms with Crippen molar-refractivity contribution in [1.82, 2.24) is 0 Å². The van der Waals surface area contributed by atoms with Crippen molar-refractivity contribution in [2.75, 3.05) is 5.32 Å². The summed E-state index contributed by atoms with van der Waals surface area (Å²) in [5.41, 5.74) is 3.17. The predicted octanol–water partition coefficient (Wildman–Crippen LogP) is 2.94. The summed E-state index contributed by atoms with van der Waals surface area (Å²) in [5, 5.41) is 4.12. The van der Waals surface area contributed by atoms with Crippen LogP contribution in [-0.4, -0.2) is 15.7 Å². The summed E-state index contributed by atoms with van der Waals surface area (Å²) >= 11 is 5.29. The van der Waals surface area contributed by atoms with Gasteiger partial charge in [-0.3, -0.25) is 0 Å². The van der Waals surface area contributed by atoms with E-state index in [4.69, 9.17) is 11.6 Å². The fraction of sp³-hybridized carbons (Fsp3) is 0.143. The van der Waals surface area contributed by atoms with Crippen LogP contribution >= 0.6 is 11.6 Å². The first-order valence-corrected chi connectivity index (χ1v) is 7.70. The molecule has 0 aliphatic carbocycles. The molecule has 2 rings (SSSR count). The zero-order valence-corrected chi connectivity index (χ0v) is 12.6. The Morgan fingerprint density at radius 1 is 1.17 bits per heavy atom. The molecule has 0 saturated carbocycles. The maximum atomic E-state index is 10.8. The Morgan fingerprint density at radius 3 is 2.56 bits per heavy atom. The van der Waals surface area contributed by atoms with Crippen molar-refractivity contribution >= 4 is 37.3 Å². The number of aryl methyl sites for hydroxylation is 1. The fourth-order valence-electron chi connectivity index (χ4n) is 1.68. The van der Waals surface area contributed by atoms with Crippen molar-refractivity contribution in [2.45, 2.75) is 13.5 Å². The first kappa shape index (κ1) is 13.3. The van der Waals surface area contributed by atoms with Gasteiger partial charge in [0.2, 0.25) is 0 Å². The predicted molar refractivity (Wildman–Crippen MR) is 76.0 cm³/mol. The zero-order chi connectivity index (χ0) is 13.0. The molecule has 92 valence electrons. The van der Waals surface area contributed by atoms with Gasteiger partial charge in [0.15, 0.2) is 0 Å². The van der Waals surface area contributed by atoms with Crippen molar-refractivity contribution in [3.05, 3.63) is 58.6 Å². The number of hydrogen-bond acceptors (Lipinski definition) is 2. The quantitative estimate of drug-likeness (QED) is 0.877. The first-order valence-electron chi connectivity index (χ1n) is 5.62. The van der Waals surface area contributed by atoms with Crippen LogP contribution in [0.5, 0.6) is 0 Å². The van der Waals surface area contributed by atoms with Crippen molar-refractivity contribution in [1.29, 1.82) is 0 Å². The van der Waals surface area contributed by atoms with E-state index in [0.29, 0.717) is 6.54 Å². The second-order valence-electron chi connectivity index (χ2n) is 4.04. The SMILES string of the molecule is Cc1cccc(CNc2ccc([As]=O)cc2)c1Cl. The minimum absolute atomic E-state index is 0.685. The van der Waals surface area contributed by atoms with Crippen molar-refractivity contribution in [3.8, 4) is 0 Å². The van der Waals surface area contributed by atoms with Gasteiger partial charge in [0.25, 0.3) is 0 Å². The molecule has 0 atom stereocenters. The average Bonchev–Trinajstić information content (AvgIpc) is 2.41. The fourth-order valence-corrected chi connectivity index (χ4v) is 2.44. The molecule has 2 aromatic rings. The summed E-state index contributed by atoms with van der Waals surface area (Å²) < 4.78 is 11.7. The van der Waals surface area contributed by atoms with Crippen LogP contribution in [0.25, 0.3) is 0 Å². The first-order chi connectivity index (χ1) is 8.70. The van der Waals surface area contributed by atoms with Crippen LogP contribution in [0.4, 0.5) is 5.69 Å². The molecule has 2 aromatic carbocycles. The van der Waals surface area contributed by atoms with Gasteiger partial charge in [0, 0.05) is 0 Å². The van der Waals surface area contributed by atoms with Crippen LogP contribution in [-0.2, 0) is 10.3 Å². The van der Waals surface area contributed by atoms with Gasteiger partial charge in [-0.05, 0) is 0 Å². The Kier molecular flexibility index (Phi) is 4.57. The molecule has 0 saturated heterocycles. The molecule has 18 heavy (non-hydrogen) atoms. The summed E-state index contributed by atoms with van der Waals surface area (Å²) in [6.07, 6.45) is 0. The molecule has 0 spiro atoms. The van der Waals surface area contributed by atoms with E-state index < -0.39 is 15.7 Å². The van der Waals surface area contributed by atoms with Crippen molar-refractivity contribution in [3.63, 3.8) is 0 Å². The van der Waals surface area contributed by atoms with Crippen LogP contribution < -0.4 is 9.67 Å². The van der Waals surface area contributed by atoms with Gasteiger partial charge >= 0.3 is 118 Å². The third-order valence-corrected chi connectivity index (χ3v) is 4.34. The molecule has 0 unspecified atom stereocenters. The second kappa shape index (κ2) is 6.17. The van der Waals surface area contributed by atoms with E-state index in [0.717, 1.165) is 26.2 Å². The third-order valence-electron chi connectivity index (χ3n) is 2.73. The van der Waals surface area contributed by atoms with E-state index in [2.05, 4.69) is 5.32 Å². The Labute approximate surface area is 118 Å². The minimum atomic E-state index is -0.935. The third kappa shape index (κ3) is 3.21. The van der Waals surface area contributed by atoms with Crippen LogP contribution in [0.1, 0.15) is 11.1 Å². The van der Waals surface area contributed by atoms with E-state index in [1.165, 1.54) is 0 Å². The molecule has 0 amide bonds. The van der Waals surface area contributed by atoms with Crippen LogP contribution in [0.15, 0.2) is 42.5 Å². The normalized spacial score (nSPS) is 10.6. The molecule has 4 heteroatoms. The van der Waals surface area contributed by atoms with Gasteiger partial charge in [0.05, 0.1) is 0 Å². The van der Waals surface area contributed by atoms with E-state index in [1.54, 1.807) is 0 Å². The molecule has 0 aliphatic heterocycles. The monoisotopic (exact) mass is 321 g/mol. The van der Waals surface area contributed by atoms with E-state index >= 15 is 0 Å². The summed E-state index contributed by atoms with van der Waals surface area (Å²) in [5.74, 6) is 0. The molecule has 0 fully saturated rings. The molecular formula is C14H13AsClNO.